The fraction of sp³-hybridized carbons (Fsp3) is 0.500. The molecular weight excluding hydrogens is 200 g/mol. The molecule has 1 N–H and O–H groups in total. The van der Waals surface area contributed by atoms with E-state index in [2.05, 4.69) is 0 Å². The number of hydrogen-bond donors (Lipinski definition) is 1. The first kappa shape index (κ1) is 11.3. The Morgan fingerprint density at radius 3 is 2.56 bits per heavy atom. The number of Topliss-reactive ketones (excluding diaryl/α,β-unsaturated/α-hetero) is 1. The Bertz CT molecular complexity index is 372. The molecule has 2 nitrogen and oxygen atoms in total. The predicted octanol–water partition coefficient (Wildman–Crippen LogP) is 2.87. The lowest BCUT2D eigenvalue weighted by Gasteiger charge is -2.36. The van der Waals surface area contributed by atoms with E-state index in [4.69, 9.17) is 0 Å². The van der Waals surface area contributed by atoms with Crippen LogP contribution in [0.25, 0.3) is 0 Å². The topological polar surface area (TPSA) is 37.3 Å². The molecule has 0 aliphatic heterocycles. The van der Waals surface area contributed by atoms with Crippen molar-refractivity contribution in [1.29, 1.82) is 0 Å². The number of aliphatic hydroxyl groups is 1. The zero-order valence-electron chi connectivity index (χ0n) is 9.65. The standard InChI is InChI=1S/C14H18O2/c1-14(10-6-5-9-12(14)15)13(16)11-7-3-2-4-8-11/h2-4,7-8,13,16H,5-6,9-10H2,1H3/t13-,14+/m1/s1. The van der Waals surface area contributed by atoms with Crippen LogP contribution in [0.2, 0.25) is 0 Å². The maximum Gasteiger partial charge on any atom is 0.141 e. The number of aliphatic hydroxyl groups excluding tert-OH is 1. The Morgan fingerprint density at radius 1 is 1.25 bits per heavy atom. The summed E-state index contributed by atoms with van der Waals surface area (Å²) in [6.07, 6.45) is 2.74. The summed E-state index contributed by atoms with van der Waals surface area (Å²) in [5.74, 6) is 0.204. The number of rotatable bonds is 2. The van der Waals surface area contributed by atoms with Crippen LogP contribution < -0.4 is 0 Å². The molecule has 1 aromatic carbocycles. The summed E-state index contributed by atoms with van der Waals surface area (Å²) in [5, 5.41) is 10.4. The molecule has 2 heteroatoms. The zero-order chi connectivity index (χ0) is 11.6. The van der Waals surface area contributed by atoms with Gasteiger partial charge in [-0.2, -0.15) is 0 Å². The Balaban J connectivity index is 2.26. The van der Waals surface area contributed by atoms with Gasteiger partial charge >= 0.3 is 0 Å². The second-order valence-electron chi connectivity index (χ2n) is 4.86. The van der Waals surface area contributed by atoms with Crippen LogP contribution in [-0.2, 0) is 4.79 Å². The molecule has 0 saturated heterocycles. The second kappa shape index (κ2) is 4.38. The largest absolute Gasteiger partial charge is 0.387 e. The van der Waals surface area contributed by atoms with Crippen molar-refractivity contribution < 1.29 is 9.90 Å². The third-order valence-electron chi connectivity index (χ3n) is 3.71. The highest BCUT2D eigenvalue weighted by atomic mass is 16.3. The van der Waals surface area contributed by atoms with Crippen LogP contribution in [0.5, 0.6) is 0 Å². The quantitative estimate of drug-likeness (QED) is 0.828. The minimum atomic E-state index is -0.665. The molecule has 1 saturated carbocycles. The van der Waals surface area contributed by atoms with Crippen molar-refractivity contribution in [2.24, 2.45) is 5.41 Å². The van der Waals surface area contributed by atoms with E-state index < -0.39 is 11.5 Å². The maximum absolute atomic E-state index is 12.0. The fourth-order valence-electron chi connectivity index (χ4n) is 2.50. The monoisotopic (exact) mass is 218 g/mol. The number of carbonyl (C=O) groups excluding carboxylic acids is 1. The molecule has 0 spiro atoms. The van der Waals surface area contributed by atoms with Gasteiger partial charge in [0.25, 0.3) is 0 Å². The van der Waals surface area contributed by atoms with Crippen molar-refractivity contribution >= 4 is 5.78 Å². The van der Waals surface area contributed by atoms with Gasteiger partial charge in [-0.1, -0.05) is 36.8 Å². The first-order valence-electron chi connectivity index (χ1n) is 5.91. The number of hydrogen-bond acceptors (Lipinski definition) is 2. The molecule has 2 atom stereocenters. The van der Waals surface area contributed by atoms with Crippen molar-refractivity contribution in [3.63, 3.8) is 0 Å². The van der Waals surface area contributed by atoms with Gasteiger partial charge in [-0.3, -0.25) is 4.79 Å². The van der Waals surface area contributed by atoms with Gasteiger partial charge in [0, 0.05) is 6.42 Å². The van der Waals surface area contributed by atoms with Gasteiger partial charge in [-0.05, 0) is 25.3 Å². The second-order valence-corrected chi connectivity index (χ2v) is 4.86. The summed E-state index contributed by atoms with van der Waals surface area (Å²) in [7, 11) is 0. The average molecular weight is 218 g/mol. The van der Waals surface area contributed by atoms with Gasteiger partial charge in [0.2, 0.25) is 0 Å². The summed E-state index contributed by atoms with van der Waals surface area (Å²) in [4.78, 5) is 12.0. The van der Waals surface area contributed by atoms with E-state index in [0.29, 0.717) is 6.42 Å². The summed E-state index contributed by atoms with van der Waals surface area (Å²) >= 11 is 0. The van der Waals surface area contributed by atoms with E-state index in [1.165, 1.54) is 0 Å². The maximum atomic E-state index is 12.0. The van der Waals surface area contributed by atoms with Gasteiger partial charge in [-0.15, -0.1) is 0 Å². The molecule has 0 heterocycles. The summed E-state index contributed by atoms with van der Waals surface area (Å²) in [6.45, 7) is 1.90. The predicted molar refractivity (Wildman–Crippen MR) is 63.0 cm³/mol. The van der Waals surface area contributed by atoms with E-state index >= 15 is 0 Å². The van der Waals surface area contributed by atoms with E-state index in [1.54, 1.807) is 0 Å². The van der Waals surface area contributed by atoms with Crippen LogP contribution in [-0.4, -0.2) is 10.9 Å². The van der Waals surface area contributed by atoms with Crippen molar-refractivity contribution in [3.05, 3.63) is 35.9 Å². The van der Waals surface area contributed by atoms with Crippen molar-refractivity contribution in [1.82, 2.24) is 0 Å². The van der Waals surface area contributed by atoms with E-state index in [1.807, 2.05) is 37.3 Å². The first-order valence-corrected chi connectivity index (χ1v) is 5.91. The minimum absolute atomic E-state index is 0.204. The SMILES string of the molecule is C[C@]1([C@H](O)c2ccccc2)CCCCC1=O. The Morgan fingerprint density at radius 2 is 1.94 bits per heavy atom. The van der Waals surface area contributed by atoms with Gasteiger partial charge in [0.15, 0.2) is 0 Å². The highest BCUT2D eigenvalue weighted by molar-refractivity contribution is 5.85. The lowest BCUT2D eigenvalue weighted by atomic mass is 9.69. The van der Waals surface area contributed by atoms with Crippen molar-refractivity contribution in [3.8, 4) is 0 Å². The van der Waals surface area contributed by atoms with E-state index in [9.17, 15) is 9.90 Å². The molecule has 0 unspecified atom stereocenters. The Labute approximate surface area is 96.3 Å². The van der Waals surface area contributed by atoms with Crippen LogP contribution in [0.3, 0.4) is 0 Å². The molecule has 2 rings (SSSR count). The molecule has 0 aromatic heterocycles. The average Bonchev–Trinajstić information content (AvgIpc) is 2.33. The molecule has 0 bridgehead atoms. The number of benzene rings is 1. The van der Waals surface area contributed by atoms with E-state index in [0.717, 1.165) is 24.8 Å². The summed E-state index contributed by atoms with van der Waals surface area (Å²) in [5.41, 5.74) is 0.264. The lowest BCUT2D eigenvalue weighted by molar-refractivity contribution is -0.138. The van der Waals surface area contributed by atoms with Gasteiger partial charge in [0.05, 0.1) is 11.5 Å². The number of carbonyl (C=O) groups is 1. The molecule has 1 aromatic rings. The summed E-state index contributed by atoms with van der Waals surface area (Å²) < 4.78 is 0. The van der Waals surface area contributed by atoms with Crippen LogP contribution in [0.15, 0.2) is 30.3 Å². The molecule has 1 aliphatic rings. The van der Waals surface area contributed by atoms with Crippen molar-refractivity contribution in [2.75, 3.05) is 0 Å². The molecule has 0 radical (unpaired) electrons. The van der Waals surface area contributed by atoms with Crippen LogP contribution in [0.1, 0.15) is 44.3 Å². The van der Waals surface area contributed by atoms with Crippen LogP contribution >= 0.6 is 0 Å². The minimum Gasteiger partial charge on any atom is -0.387 e. The molecule has 1 aliphatic carbocycles. The highest BCUT2D eigenvalue weighted by Gasteiger charge is 2.41. The first-order chi connectivity index (χ1) is 7.64. The molecule has 16 heavy (non-hydrogen) atoms. The smallest absolute Gasteiger partial charge is 0.141 e. The third-order valence-corrected chi connectivity index (χ3v) is 3.71. The molecule has 1 fully saturated rings. The van der Waals surface area contributed by atoms with Crippen LogP contribution in [0.4, 0.5) is 0 Å². The van der Waals surface area contributed by atoms with Gasteiger partial charge in [-0.25, -0.2) is 0 Å². The van der Waals surface area contributed by atoms with E-state index in [-0.39, 0.29) is 5.78 Å². The normalized spacial score (nSPS) is 27.8. The Hall–Kier alpha value is -1.15. The molecule has 0 amide bonds. The fourth-order valence-corrected chi connectivity index (χ4v) is 2.50. The molecular formula is C14H18O2. The highest BCUT2D eigenvalue weighted by Crippen LogP contribution is 2.43. The van der Waals surface area contributed by atoms with Crippen molar-refractivity contribution in [2.45, 2.75) is 38.7 Å². The molecule has 86 valence electrons. The van der Waals surface area contributed by atoms with Crippen LogP contribution in [0, 0.1) is 5.41 Å². The third kappa shape index (κ3) is 1.90. The lowest BCUT2D eigenvalue weighted by Crippen LogP contribution is -2.37. The zero-order valence-corrected chi connectivity index (χ0v) is 9.65. The Kier molecular flexibility index (Phi) is 3.10. The number of ketones is 1. The van der Waals surface area contributed by atoms with Gasteiger partial charge in [0.1, 0.15) is 5.78 Å². The van der Waals surface area contributed by atoms with Gasteiger partial charge < -0.3 is 5.11 Å². The summed E-state index contributed by atoms with van der Waals surface area (Å²) in [6, 6.07) is 9.49.